The number of nitrogens with zero attached hydrogens (tertiary/aromatic N) is 2. The topological polar surface area (TPSA) is 49.5 Å². The van der Waals surface area contributed by atoms with Gasteiger partial charge in [0.25, 0.3) is 0 Å². The van der Waals surface area contributed by atoms with E-state index >= 15 is 0 Å². The summed E-state index contributed by atoms with van der Waals surface area (Å²) in [5.41, 5.74) is 0.855. The summed E-state index contributed by atoms with van der Waals surface area (Å²) < 4.78 is 5.88. The molecule has 4 nitrogen and oxygen atoms in total. The van der Waals surface area contributed by atoms with Gasteiger partial charge in [0.1, 0.15) is 0 Å². The molecule has 2 unspecified atom stereocenters. The molecule has 5 heteroatoms. The highest BCUT2D eigenvalue weighted by Crippen LogP contribution is 2.29. The van der Waals surface area contributed by atoms with E-state index in [0.717, 1.165) is 18.4 Å². The highest BCUT2D eigenvalue weighted by atomic mass is 35.5. The van der Waals surface area contributed by atoms with Crippen molar-refractivity contribution in [2.45, 2.75) is 44.8 Å². The van der Waals surface area contributed by atoms with Crippen LogP contribution in [0.4, 0.5) is 0 Å². The third-order valence-electron chi connectivity index (χ3n) is 4.42. The molecule has 2 heterocycles. The maximum Gasteiger partial charge on any atom is 0.209 e. The summed E-state index contributed by atoms with van der Waals surface area (Å²) in [6, 6.07) is 8.21. The number of aromatic nitrogens is 1. The van der Waals surface area contributed by atoms with Crippen LogP contribution in [0.1, 0.15) is 32.1 Å². The van der Waals surface area contributed by atoms with Gasteiger partial charge in [-0.05, 0) is 31.9 Å². The van der Waals surface area contributed by atoms with Gasteiger partial charge in [0, 0.05) is 17.6 Å². The van der Waals surface area contributed by atoms with Crippen molar-refractivity contribution >= 4 is 11.6 Å². The number of piperidine rings is 1. The van der Waals surface area contributed by atoms with Gasteiger partial charge in [-0.3, -0.25) is 4.90 Å². The largest absolute Gasteiger partial charge is 0.439 e. The Kier molecular flexibility index (Phi) is 4.81. The Morgan fingerprint density at radius 1 is 1.36 bits per heavy atom. The van der Waals surface area contributed by atoms with Crippen LogP contribution in [-0.4, -0.2) is 33.7 Å². The van der Waals surface area contributed by atoms with Gasteiger partial charge in [-0.25, -0.2) is 4.98 Å². The first-order valence-electron chi connectivity index (χ1n) is 7.75. The van der Waals surface area contributed by atoms with Gasteiger partial charge in [0.15, 0.2) is 5.76 Å². The van der Waals surface area contributed by atoms with Crippen LogP contribution in [0.3, 0.4) is 0 Å². The van der Waals surface area contributed by atoms with Crippen molar-refractivity contribution in [1.82, 2.24) is 9.88 Å². The maximum absolute atomic E-state index is 9.57. The molecule has 2 atom stereocenters. The number of rotatable bonds is 4. The zero-order chi connectivity index (χ0) is 15.5. The number of oxazole rings is 1. The first kappa shape index (κ1) is 15.5. The molecule has 2 aromatic rings. The number of hydrogen-bond acceptors (Lipinski definition) is 4. The molecular weight excluding hydrogens is 300 g/mol. The zero-order valence-corrected chi connectivity index (χ0v) is 13.5. The number of aliphatic hydroxyl groups excluding tert-OH is 1. The average Bonchev–Trinajstić information content (AvgIpc) is 2.98. The fraction of sp³-hybridized carbons (Fsp3) is 0.471. The standard InChI is InChI=1S/C17H21ClN2O2/c1-12-5-4-6-13(11-21)20(12)10-17-19-9-16(22-17)14-7-2-3-8-15(14)18/h2-3,7-9,12-13,21H,4-6,10-11H2,1H3. The van der Waals surface area contributed by atoms with Crippen molar-refractivity contribution in [1.29, 1.82) is 0 Å². The summed E-state index contributed by atoms with van der Waals surface area (Å²) >= 11 is 6.20. The fourth-order valence-electron chi connectivity index (χ4n) is 3.15. The molecule has 1 aromatic heterocycles. The van der Waals surface area contributed by atoms with Crippen molar-refractivity contribution in [3.8, 4) is 11.3 Å². The van der Waals surface area contributed by atoms with Crippen molar-refractivity contribution < 1.29 is 9.52 Å². The minimum Gasteiger partial charge on any atom is -0.439 e. The quantitative estimate of drug-likeness (QED) is 0.932. The van der Waals surface area contributed by atoms with E-state index in [1.165, 1.54) is 6.42 Å². The third kappa shape index (κ3) is 3.19. The number of likely N-dealkylation sites (tertiary alicyclic amines) is 1. The Hall–Kier alpha value is -1.36. The second kappa shape index (κ2) is 6.82. The highest BCUT2D eigenvalue weighted by Gasteiger charge is 2.28. The normalized spacial score (nSPS) is 22.9. The summed E-state index contributed by atoms with van der Waals surface area (Å²) in [6.07, 6.45) is 5.06. The van der Waals surface area contributed by atoms with E-state index in [2.05, 4.69) is 16.8 Å². The molecule has 1 fully saturated rings. The molecule has 3 rings (SSSR count). The van der Waals surface area contributed by atoms with E-state index in [9.17, 15) is 5.11 Å². The number of benzene rings is 1. The van der Waals surface area contributed by atoms with E-state index < -0.39 is 0 Å². The van der Waals surface area contributed by atoms with E-state index in [4.69, 9.17) is 16.0 Å². The Labute approximate surface area is 135 Å². The summed E-state index contributed by atoms with van der Waals surface area (Å²) in [7, 11) is 0. The molecule has 1 aliphatic heterocycles. The Bertz CT molecular complexity index is 629. The summed E-state index contributed by atoms with van der Waals surface area (Å²) in [5, 5.41) is 10.2. The second-order valence-corrected chi connectivity index (χ2v) is 6.29. The number of hydrogen-bond donors (Lipinski definition) is 1. The number of aliphatic hydroxyl groups is 1. The second-order valence-electron chi connectivity index (χ2n) is 5.89. The molecule has 1 aromatic carbocycles. The molecule has 0 saturated carbocycles. The predicted octanol–water partition coefficient (Wildman–Crippen LogP) is 3.73. The predicted molar refractivity (Wildman–Crippen MR) is 86.7 cm³/mol. The summed E-state index contributed by atoms with van der Waals surface area (Å²) in [4.78, 5) is 6.67. The average molecular weight is 321 g/mol. The molecule has 0 aliphatic carbocycles. The van der Waals surface area contributed by atoms with Crippen LogP contribution < -0.4 is 0 Å². The molecule has 22 heavy (non-hydrogen) atoms. The molecule has 0 radical (unpaired) electrons. The lowest BCUT2D eigenvalue weighted by Crippen LogP contribution is -2.46. The minimum absolute atomic E-state index is 0.183. The van der Waals surface area contributed by atoms with Gasteiger partial charge in [-0.2, -0.15) is 0 Å². The molecule has 0 spiro atoms. The lowest BCUT2D eigenvalue weighted by molar-refractivity contribution is 0.0387. The van der Waals surface area contributed by atoms with Crippen LogP contribution in [0, 0.1) is 0 Å². The smallest absolute Gasteiger partial charge is 0.209 e. The third-order valence-corrected chi connectivity index (χ3v) is 4.75. The maximum atomic E-state index is 9.57. The van der Waals surface area contributed by atoms with E-state index in [1.54, 1.807) is 6.20 Å². The minimum atomic E-state index is 0.183. The van der Waals surface area contributed by atoms with Crippen LogP contribution in [0.5, 0.6) is 0 Å². The first-order chi connectivity index (χ1) is 10.7. The van der Waals surface area contributed by atoms with Crippen molar-refractivity contribution in [2.75, 3.05) is 6.61 Å². The van der Waals surface area contributed by atoms with Crippen LogP contribution in [0.25, 0.3) is 11.3 Å². The van der Waals surface area contributed by atoms with E-state index in [1.807, 2.05) is 24.3 Å². The monoisotopic (exact) mass is 320 g/mol. The molecule has 0 amide bonds. The van der Waals surface area contributed by atoms with Crippen molar-refractivity contribution in [2.24, 2.45) is 0 Å². The summed E-state index contributed by atoms with van der Waals surface area (Å²) in [5.74, 6) is 1.35. The van der Waals surface area contributed by atoms with Crippen LogP contribution in [0.2, 0.25) is 5.02 Å². The summed E-state index contributed by atoms with van der Waals surface area (Å²) in [6.45, 7) is 3.00. The Balaban J connectivity index is 1.78. The van der Waals surface area contributed by atoms with Gasteiger partial charge < -0.3 is 9.52 Å². The van der Waals surface area contributed by atoms with Gasteiger partial charge in [-0.15, -0.1) is 0 Å². The molecule has 0 bridgehead atoms. The SMILES string of the molecule is CC1CCCC(CO)N1Cc1ncc(-c2ccccc2Cl)o1. The van der Waals surface area contributed by atoms with E-state index in [-0.39, 0.29) is 12.6 Å². The molecule has 118 valence electrons. The van der Waals surface area contributed by atoms with Gasteiger partial charge in [0.05, 0.1) is 24.4 Å². The molecule has 1 N–H and O–H groups in total. The lowest BCUT2D eigenvalue weighted by Gasteiger charge is -2.39. The zero-order valence-electron chi connectivity index (χ0n) is 12.7. The van der Waals surface area contributed by atoms with Crippen molar-refractivity contribution in [3.63, 3.8) is 0 Å². The Morgan fingerprint density at radius 2 is 2.18 bits per heavy atom. The molecule has 1 saturated heterocycles. The van der Waals surface area contributed by atoms with Crippen LogP contribution >= 0.6 is 11.6 Å². The first-order valence-corrected chi connectivity index (χ1v) is 8.13. The molecular formula is C17H21ClN2O2. The van der Waals surface area contributed by atoms with E-state index in [0.29, 0.717) is 29.3 Å². The van der Waals surface area contributed by atoms with Crippen LogP contribution in [0.15, 0.2) is 34.9 Å². The van der Waals surface area contributed by atoms with Gasteiger partial charge >= 0.3 is 0 Å². The van der Waals surface area contributed by atoms with Gasteiger partial charge in [0.2, 0.25) is 5.89 Å². The Morgan fingerprint density at radius 3 is 2.95 bits per heavy atom. The fourth-order valence-corrected chi connectivity index (χ4v) is 3.38. The number of halogens is 1. The van der Waals surface area contributed by atoms with Crippen molar-refractivity contribution in [3.05, 3.63) is 41.4 Å². The molecule has 1 aliphatic rings. The van der Waals surface area contributed by atoms with Crippen LogP contribution in [-0.2, 0) is 6.54 Å². The van der Waals surface area contributed by atoms with Gasteiger partial charge in [-0.1, -0.05) is 30.2 Å². The highest BCUT2D eigenvalue weighted by molar-refractivity contribution is 6.33. The lowest BCUT2D eigenvalue weighted by atomic mass is 9.97.